The minimum absolute atomic E-state index is 0.0903. The summed E-state index contributed by atoms with van der Waals surface area (Å²) in [6.07, 6.45) is 15.1. The first-order chi connectivity index (χ1) is 16.0. The van der Waals surface area contributed by atoms with Gasteiger partial charge >= 0.3 is 0 Å². The molecule has 4 unspecified atom stereocenters. The minimum atomic E-state index is -0.723. The van der Waals surface area contributed by atoms with Crippen molar-refractivity contribution >= 4 is 10.8 Å². The van der Waals surface area contributed by atoms with E-state index in [0.29, 0.717) is 11.8 Å². The normalized spacial score (nSPS) is 25.5. The summed E-state index contributed by atoms with van der Waals surface area (Å²) in [5, 5.41) is 0.0945. The maximum Gasteiger partial charge on any atom is 0.140 e. The first kappa shape index (κ1) is 24.2. The van der Waals surface area contributed by atoms with E-state index in [4.69, 9.17) is 4.74 Å². The van der Waals surface area contributed by atoms with Crippen molar-refractivity contribution in [3.8, 4) is 5.75 Å². The highest BCUT2D eigenvalue weighted by Gasteiger charge is 2.37. The molecule has 2 aromatic carbocycles. The van der Waals surface area contributed by atoms with E-state index in [1.54, 1.807) is 6.08 Å². The fraction of sp³-hybridized carbons (Fsp3) is 0.586. The number of benzene rings is 2. The maximum atomic E-state index is 15.5. The molecule has 1 nitrogen and oxygen atoms in total. The van der Waals surface area contributed by atoms with Gasteiger partial charge in [-0.15, -0.1) is 0 Å². The number of rotatable bonds is 8. The number of halogens is 3. The average Bonchev–Trinajstić information content (AvgIpc) is 2.79. The Labute approximate surface area is 196 Å². The third-order valence-corrected chi connectivity index (χ3v) is 8.02. The van der Waals surface area contributed by atoms with Crippen LogP contribution in [0.3, 0.4) is 0 Å². The zero-order valence-corrected chi connectivity index (χ0v) is 20.0. The van der Waals surface area contributed by atoms with Gasteiger partial charge in [0, 0.05) is 11.6 Å². The van der Waals surface area contributed by atoms with Crippen LogP contribution >= 0.6 is 0 Å². The van der Waals surface area contributed by atoms with Crippen molar-refractivity contribution < 1.29 is 17.9 Å². The predicted octanol–water partition coefficient (Wildman–Crippen LogP) is 9.09. The average molecular weight is 459 g/mol. The Morgan fingerprint density at radius 1 is 0.939 bits per heavy atom. The Hall–Kier alpha value is -1.97. The largest absolute Gasteiger partial charge is 0.489 e. The van der Waals surface area contributed by atoms with E-state index in [2.05, 4.69) is 6.92 Å². The molecule has 2 saturated carbocycles. The van der Waals surface area contributed by atoms with E-state index < -0.39 is 17.5 Å². The number of fused-ring (bicyclic) bond motifs is 2. The zero-order valence-electron chi connectivity index (χ0n) is 20.0. The number of allylic oxidation sites excluding steroid dienone is 1. The van der Waals surface area contributed by atoms with Gasteiger partial charge in [-0.05, 0) is 80.2 Å². The van der Waals surface area contributed by atoms with Crippen molar-refractivity contribution in [2.75, 3.05) is 6.61 Å². The molecule has 0 aliphatic heterocycles. The fourth-order valence-electron chi connectivity index (χ4n) is 6.29. The van der Waals surface area contributed by atoms with Gasteiger partial charge in [0.25, 0.3) is 0 Å². The standard InChI is InChI=1S/C29H37F3O/c1-3-5-7-8-19-9-10-21-15-22(12-11-20(21)14-19)27-25(30)17-23-16-24(33-13-6-4-2)18-26(31)28(23)29(27)32/h4,6,16-22H,3,5,7-15H2,1-2H3/b6-4+. The number of hydrogen-bond acceptors (Lipinski definition) is 1. The topological polar surface area (TPSA) is 9.23 Å². The first-order valence-corrected chi connectivity index (χ1v) is 12.9. The fourth-order valence-corrected chi connectivity index (χ4v) is 6.29. The van der Waals surface area contributed by atoms with Gasteiger partial charge < -0.3 is 4.74 Å². The molecular weight excluding hydrogens is 421 g/mol. The second kappa shape index (κ2) is 11.0. The molecule has 2 fully saturated rings. The van der Waals surface area contributed by atoms with E-state index in [1.807, 2.05) is 13.0 Å². The van der Waals surface area contributed by atoms with Crippen molar-refractivity contribution in [3.05, 3.63) is 53.4 Å². The number of hydrogen-bond donors (Lipinski definition) is 0. The molecule has 0 amide bonds. The third kappa shape index (κ3) is 5.41. The minimum Gasteiger partial charge on any atom is -0.489 e. The van der Waals surface area contributed by atoms with Gasteiger partial charge in [0.1, 0.15) is 29.8 Å². The van der Waals surface area contributed by atoms with Crippen LogP contribution in [0.25, 0.3) is 10.8 Å². The van der Waals surface area contributed by atoms with Crippen LogP contribution in [0, 0.1) is 35.2 Å². The van der Waals surface area contributed by atoms with Crippen LogP contribution in [0.4, 0.5) is 13.2 Å². The van der Waals surface area contributed by atoms with Crippen LogP contribution in [0.1, 0.15) is 89.5 Å². The lowest BCUT2D eigenvalue weighted by atomic mass is 9.63. The van der Waals surface area contributed by atoms with Crippen LogP contribution in [0.15, 0.2) is 30.4 Å². The van der Waals surface area contributed by atoms with E-state index in [1.165, 1.54) is 56.7 Å². The number of unbranched alkanes of at least 4 members (excludes halogenated alkanes) is 2. The second-order valence-electron chi connectivity index (χ2n) is 10.2. The lowest BCUT2D eigenvalue weighted by Crippen LogP contribution is -2.31. The third-order valence-electron chi connectivity index (χ3n) is 8.02. The zero-order chi connectivity index (χ0) is 23.4. The van der Waals surface area contributed by atoms with E-state index >= 15 is 8.78 Å². The summed E-state index contributed by atoms with van der Waals surface area (Å²) in [5.74, 6) is 0.179. The van der Waals surface area contributed by atoms with Gasteiger partial charge in [0.2, 0.25) is 0 Å². The Morgan fingerprint density at radius 3 is 2.52 bits per heavy atom. The molecule has 2 aliphatic carbocycles. The molecule has 180 valence electrons. The second-order valence-corrected chi connectivity index (χ2v) is 10.2. The molecule has 4 atom stereocenters. The summed E-state index contributed by atoms with van der Waals surface area (Å²) in [4.78, 5) is 0. The molecule has 0 heterocycles. The van der Waals surface area contributed by atoms with Crippen molar-refractivity contribution in [1.29, 1.82) is 0 Å². The molecule has 0 bridgehead atoms. The molecule has 0 saturated heterocycles. The molecule has 33 heavy (non-hydrogen) atoms. The Balaban J connectivity index is 1.51. The van der Waals surface area contributed by atoms with Crippen molar-refractivity contribution in [3.63, 3.8) is 0 Å². The highest BCUT2D eigenvalue weighted by atomic mass is 19.1. The summed E-state index contributed by atoms with van der Waals surface area (Å²) in [7, 11) is 0. The van der Waals surface area contributed by atoms with Gasteiger partial charge in [0.15, 0.2) is 0 Å². The van der Waals surface area contributed by atoms with Crippen LogP contribution in [0.2, 0.25) is 0 Å². The maximum absolute atomic E-state index is 15.5. The molecule has 4 heteroatoms. The predicted molar refractivity (Wildman–Crippen MR) is 129 cm³/mol. The Kier molecular flexibility index (Phi) is 8.03. The van der Waals surface area contributed by atoms with Crippen LogP contribution in [-0.4, -0.2) is 6.61 Å². The smallest absolute Gasteiger partial charge is 0.140 e. The molecule has 0 spiro atoms. The van der Waals surface area contributed by atoms with Crippen molar-refractivity contribution in [2.45, 2.75) is 84.0 Å². The van der Waals surface area contributed by atoms with E-state index in [9.17, 15) is 4.39 Å². The van der Waals surface area contributed by atoms with E-state index in [0.717, 1.165) is 31.6 Å². The van der Waals surface area contributed by atoms with Gasteiger partial charge in [-0.1, -0.05) is 51.2 Å². The quantitative estimate of drug-likeness (QED) is 0.283. The molecule has 0 N–H and O–H groups in total. The molecule has 2 aliphatic rings. The van der Waals surface area contributed by atoms with Gasteiger partial charge in [0.05, 0.1) is 5.39 Å². The van der Waals surface area contributed by atoms with Crippen LogP contribution < -0.4 is 4.74 Å². The highest BCUT2D eigenvalue weighted by Crippen LogP contribution is 2.49. The number of ether oxygens (including phenoxy) is 1. The Bertz CT molecular complexity index is 983. The van der Waals surface area contributed by atoms with Crippen molar-refractivity contribution in [2.24, 2.45) is 17.8 Å². The molecule has 0 aromatic heterocycles. The summed E-state index contributed by atoms with van der Waals surface area (Å²) in [6, 6.07) is 4.01. The van der Waals surface area contributed by atoms with Crippen LogP contribution in [-0.2, 0) is 0 Å². The highest BCUT2D eigenvalue weighted by molar-refractivity contribution is 5.86. The first-order valence-electron chi connectivity index (χ1n) is 12.9. The van der Waals surface area contributed by atoms with Gasteiger partial charge in [-0.3, -0.25) is 0 Å². The molecule has 0 radical (unpaired) electrons. The van der Waals surface area contributed by atoms with Crippen LogP contribution in [0.5, 0.6) is 5.75 Å². The lowest BCUT2D eigenvalue weighted by molar-refractivity contribution is 0.111. The SMILES string of the molecule is C/C=C/COc1cc(F)c2c(F)c(C3CCC4CC(CCCCC)CCC4C3)c(F)cc2c1. The summed E-state index contributed by atoms with van der Waals surface area (Å²) in [5.41, 5.74) is 0.0903. The molecule has 2 aromatic rings. The van der Waals surface area contributed by atoms with E-state index in [-0.39, 0.29) is 34.6 Å². The Morgan fingerprint density at radius 2 is 1.73 bits per heavy atom. The van der Waals surface area contributed by atoms with Gasteiger partial charge in [-0.25, -0.2) is 13.2 Å². The summed E-state index contributed by atoms with van der Waals surface area (Å²) >= 11 is 0. The molecular formula is C29H37F3O. The van der Waals surface area contributed by atoms with Gasteiger partial charge in [-0.2, -0.15) is 0 Å². The molecule has 4 rings (SSSR count). The lowest BCUT2D eigenvalue weighted by Gasteiger charge is -2.42. The van der Waals surface area contributed by atoms with Crippen molar-refractivity contribution in [1.82, 2.24) is 0 Å². The summed E-state index contributed by atoms with van der Waals surface area (Å²) in [6.45, 7) is 4.39. The summed E-state index contributed by atoms with van der Waals surface area (Å²) < 4.78 is 51.1. The monoisotopic (exact) mass is 458 g/mol.